The number of aromatic nitrogens is 9. The number of nitrogens with zero attached hydrogens (tertiary/aromatic N) is 14. The minimum Gasteiger partial charge on any atom is -0.497 e. The number of carbonyl (C=O) groups is 12. The number of rotatable bonds is 24. The zero-order chi connectivity index (χ0) is 104. The van der Waals surface area contributed by atoms with Crippen LogP contribution in [-0.2, 0) is 123 Å². The Balaban J connectivity index is 0.000000116. The van der Waals surface area contributed by atoms with Gasteiger partial charge in [-0.1, -0.05) is 24.3 Å². The van der Waals surface area contributed by atoms with E-state index in [9.17, 15) is 57.5 Å². The van der Waals surface area contributed by atoms with Crippen molar-refractivity contribution in [1.29, 1.82) is 0 Å². The van der Waals surface area contributed by atoms with Gasteiger partial charge >= 0.3 is 0 Å². The van der Waals surface area contributed by atoms with Crippen LogP contribution >= 0.6 is 0 Å². The van der Waals surface area contributed by atoms with Crippen molar-refractivity contribution < 1.29 is 104 Å². The van der Waals surface area contributed by atoms with Gasteiger partial charge < -0.3 is 70.6 Å². The highest BCUT2D eigenvalue weighted by molar-refractivity contribution is 6.13. The largest absolute Gasteiger partial charge is 0.497 e. The van der Waals surface area contributed by atoms with E-state index in [1.165, 1.54) is 7.11 Å². The summed E-state index contributed by atoms with van der Waals surface area (Å²) >= 11 is 0. The number of furan rings is 4. The Hall–Kier alpha value is -17.4. The summed E-state index contributed by atoms with van der Waals surface area (Å²) in [6.45, 7) is 8.71. The topological polar surface area (TPSA) is 477 Å². The minimum absolute atomic E-state index is 0.00115. The third-order valence-electron chi connectivity index (χ3n) is 29.9. The van der Waals surface area contributed by atoms with Crippen LogP contribution in [0.15, 0.2) is 194 Å². The van der Waals surface area contributed by atoms with Crippen molar-refractivity contribution in [3.8, 4) is 34.3 Å². The number of pyridine rings is 5. The molecule has 15 aromatic rings. The number of imide groups is 4. The van der Waals surface area contributed by atoms with Gasteiger partial charge in [0.1, 0.15) is 95.6 Å². The quantitative estimate of drug-likeness (QED) is 0.0322. The number of fused-ring (bicyclic) bond motifs is 8. The van der Waals surface area contributed by atoms with Crippen molar-refractivity contribution in [3.05, 3.63) is 283 Å². The summed E-state index contributed by atoms with van der Waals surface area (Å²) < 4.78 is 60.4. The zero-order valence-electron chi connectivity index (χ0n) is 83.2. The van der Waals surface area contributed by atoms with Crippen LogP contribution in [-0.4, -0.2) is 223 Å². The van der Waals surface area contributed by atoms with Crippen molar-refractivity contribution in [2.45, 2.75) is 126 Å². The third kappa shape index (κ3) is 17.7. The molecule has 0 saturated carbocycles. The van der Waals surface area contributed by atoms with E-state index in [2.05, 4.69) is 46.3 Å². The second-order valence-corrected chi connectivity index (χ2v) is 38.8. The highest BCUT2D eigenvalue weighted by Gasteiger charge is 2.58. The van der Waals surface area contributed by atoms with Crippen LogP contribution in [0.3, 0.4) is 0 Å². The first-order chi connectivity index (χ1) is 71.7. The molecule has 12 amide bonds. The Morgan fingerprint density at radius 3 is 1.06 bits per heavy atom. The molecule has 4 aromatic carbocycles. The summed E-state index contributed by atoms with van der Waals surface area (Å²) in [5, 5.41) is 18.4. The summed E-state index contributed by atoms with van der Waals surface area (Å²) in [7, 11) is 13.3. The van der Waals surface area contributed by atoms with E-state index in [1.54, 1.807) is 146 Å². The van der Waals surface area contributed by atoms with Crippen LogP contribution in [0.4, 0.5) is 5.82 Å². The molecule has 4 atom stereocenters. The van der Waals surface area contributed by atoms with Crippen molar-refractivity contribution in [2.75, 3.05) is 86.8 Å². The lowest BCUT2D eigenvalue weighted by Crippen LogP contribution is -2.47. The molecular weight excluding hydrogens is 1910 g/mol. The molecule has 149 heavy (non-hydrogen) atoms. The Bertz CT molecular complexity index is 8080. The number of methoxy groups -OCH3 is 6. The van der Waals surface area contributed by atoms with Crippen LogP contribution < -0.4 is 45.1 Å². The first-order valence-electron chi connectivity index (χ1n) is 48.3. The maximum atomic E-state index is 13.3. The van der Waals surface area contributed by atoms with Gasteiger partial charge in [0.25, 0.3) is 23.6 Å². The van der Waals surface area contributed by atoms with Gasteiger partial charge in [0.2, 0.25) is 47.3 Å². The van der Waals surface area contributed by atoms with Crippen LogP contribution in [0.25, 0.3) is 55.7 Å². The molecule has 40 nitrogen and oxygen atoms in total. The summed E-state index contributed by atoms with van der Waals surface area (Å²) in [5.41, 5.74) is 12.9. The smallest absolute Gasteiger partial charge is 0.254 e. The molecule has 0 unspecified atom stereocenters. The molecular formula is C109H102N18O22. The van der Waals surface area contributed by atoms with Crippen LogP contribution in [0.1, 0.15) is 165 Å². The van der Waals surface area contributed by atoms with E-state index in [4.69, 9.17) is 61.0 Å². The molecule has 9 aliphatic heterocycles. The van der Waals surface area contributed by atoms with Crippen LogP contribution in [0.2, 0.25) is 0 Å². The van der Waals surface area contributed by atoms with E-state index in [1.807, 2.05) is 129 Å². The fourth-order valence-corrected chi connectivity index (χ4v) is 21.5. The van der Waals surface area contributed by atoms with E-state index in [-0.39, 0.29) is 75.5 Å². The molecule has 4 N–H and O–H groups in total. The van der Waals surface area contributed by atoms with Gasteiger partial charge in [-0.25, -0.2) is 19.9 Å². The lowest BCUT2D eigenvalue weighted by molar-refractivity contribution is -0.217. The lowest BCUT2D eigenvalue weighted by Gasteiger charge is -2.40. The van der Waals surface area contributed by atoms with E-state index in [0.29, 0.717) is 178 Å². The molecule has 40 heteroatoms. The third-order valence-corrected chi connectivity index (χ3v) is 29.9. The van der Waals surface area contributed by atoms with E-state index < -0.39 is 74.7 Å². The van der Waals surface area contributed by atoms with Crippen molar-refractivity contribution in [1.82, 2.24) is 85.3 Å². The van der Waals surface area contributed by atoms with Gasteiger partial charge in [0.05, 0.1) is 71.7 Å². The molecule has 0 radical (unpaired) electrons. The highest BCUT2D eigenvalue weighted by atomic mass is 16.7. The number of benzene rings is 4. The van der Waals surface area contributed by atoms with E-state index >= 15 is 0 Å². The summed E-state index contributed by atoms with van der Waals surface area (Å²) in [4.78, 5) is 187. The molecule has 0 spiro atoms. The number of hydrogen-bond donors (Lipinski definition) is 4. The molecule has 9 aliphatic rings. The fraction of sp³-hybridized carbons (Fsp3) is 0.312. The lowest BCUT2D eigenvalue weighted by atomic mass is 9.82. The number of ether oxygens (including phenoxy) is 6. The number of amides is 12. The van der Waals surface area contributed by atoms with Gasteiger partial charge in [-0.15, -0.1) is 0 Å². The normalized spacial score (nSPS) is 20.0. The number of hydrogen-bond acceptors (Lipinski definition) is 30. The zero-order valence-corrected chi connectivity index (χ0v) is 83.2. The first kappa shape index (κ1) is 97.6. The van der Waals surface area contributed by atoms with Crippen molar-refractivity contribution in [2.24, 2.45) is 14.1 Å². The molecule has 5 fully saturated rings. The molecule has 20 heterocycles. The number of carbonyl (C=O) groups excluding carboxylic acids is 12. The van der Waals surface area contributed by atoms with Crippen molar-refractivity contribution >= 4 is 121 Å². The van der Waals surface area contributed by atoms with Gasteiger partial charge in [0, 0.05) is 212 Å². The van der Waals surface area contributed by atoms with Crippen molar-refractivity contribution in [3.63, 3.8) is 0 Å². The average Bonchev–Trinajstić information content (AvgIpc) is 1.59. The summed E-state index contributed by atoms with van der Waals surface area (Å²) in [6.07, 6.45) is 7.31. The Morgan fingerprint density at radius 2 is 0.732 bits per heavy atom. The Kier molecular flexibility index (Phi) is 25.0. The monoisotopic (exact) mass is 2010 g/mol. The Labute approximate surface area is 850 Å². The molecule has 0 aliphatic carbocycles. The average molecular weight is 2020 g/mol. The Morgan fingerprint density at radius 1 is 0.383 bits per heavy atom. The second kappa shape index (κ2) is 38.2. The number of nitrogens with one attached hydrogen (secondary N) is 4. The fourth-order valence-electron chi connectivity index (χ4n) is 21.5. The molecule has 11 aromatic heterocycles. The standard InChI is InChI=1S/C28H27N5O5.C28H30N4O7.C27H25N5O5.C26H20N4O5/c1-15-20(16(2)32(3)31-15)9-18-6-8-23-22(29-18)11-24(38-23)28(12-25(34)30-27(28)36)14-33-13-17-5-7-19(37-4)10-21(17)26(33)35;1-36-18-5-4-17-15-32(25(34)19(17)12-18)16-27(14-24(33)30-26(27)35)22-13-20-21(39-22)6-7-23(29-20)31-10-8-28(37-2,38-3)9-11-31;1-15-12-28-31(2)21(15)8-17-5-7-22-20(29-17)10-23(37-22)27(11-24(33)30-26(27)35)14-32-13-16-4-6-18(36-3)9-19(16)25(32)34;1-34-17-3-2-16-13-30(24(32)18(16)10-17)14-26(12-23(31)29-25(26)33)22-11-20-21(35-22)5-4-19(28-20)15-6-8-27-9-7-15/h5-8,10-11H,9,12-14H2,1-4H3,(H,30,34,36);4-7,12-13H,8-11,14-16H2,1-3H3,(H,30,33,35);4-7,9-10,12H,8,11,13-14H2,1-3H3,(H,30,33,35);2-11H,12-14H2,1H3,(H,29,31,33)/t28-;2*27-;26-/m1111/s1. The van der Waals surface area contributed by atoms with Crippen LogP contribution in [0.5, 0.6) is 23.0 Å². The first-order valence-corrected chi connectivity index (χ1v) is 48.3. The predicted octanol–water partition coefficient (Wildman–Crippen LogP) is 10.3. The number of aryl methyl sites for hydroxylation is 4. The maximum Gasteiger partial charge on any atom is 0.254 e. The van der Waals surface area contributed by atoms with Gasteiger partial charge in [-0.3, -0.25) is 93.1 Å². The second-order valence-electron chi connectivity index (χ2n) is 38.8. The summed E-state index contributed by atoms with van der Waals surface area (Å²) in [6, 6.07) is 46.6. The van der Waals surface area contributed by atoms with Crippen LogP contribution in [0, 0.1) is 20.8 Å². The number of anilines is 1. The molecule has 24 rings (SSSR count). The highest BCUT2D eigenvalue weighted by Crippen LogP contribution is 2.47. The van der Waals surface area contributed by atoms with Gasteiger partial charge in [0.15, 0.2) is 28.1 Å². The molecule has 0 bridgehead atoms. The van der Waals surface area contributed by atoms with Gasteiger partial charge in [-0.2, -0.15) is 10.2 Å². The molecule has 760 valence electrons. The maximum absolute atomic E-state index is 13.3. The van der Waals surface area contributed by atoms with E-state index in [0.717, 1.165) is 78.9 Å². The SMILES string of the molecule is COc1ccc2c(c1)C(=O)N(C[C@@]1(c3cc4nc(-c5ccncc5)ccc4o3)CC(=O)NC1=O)C2.COc1ccc2c(c1)C(=O)N(C[C@@]1(c3cc4nc(Cc5c(C)cnn5C)ccc4o3)CC(=O)NC1=O)C2.COc1ccc2c(c1)C(=O)N(C[C@@]1(c3cc4nc(Cc5c(C)nn(C)c5C)ccc4o3)CC(=O)NC1=O)C2.COc1ccc2c(c1)C(=O)N(C[C@@]1(c3cc4nc(N5CCC(OC)(OC)CC5)ccc4o3)CC(=O)NC1=O)C2. The summed E-state index contributed by atoms with van der Waals surface area (Å²) in [5.74, 6) is -0.704. The van der Waals surface area contributed by atoms with Gasteiger partial charge in [-0.05, 0) is 158 Å². The minimum atomic E-state index is -1.36. The molecule has 5 saturated heterocycles. The predicted molar refractivity (Wildman–Crippen MR) is 532 cm³/mol. The number of piperidine rings is 1.